The summed E-state index contributed by atoms with van der Waals surface area (Å²) in [6, 6.07) is 0. The Bertz CT molecular complexity index is 206. The Hall–Kier alpha value is -0.350. The van der Waals surface area contributed by atoms with Gasteiger partial charge in [0, 0.05) is 6.54 Å². The number of sulfone groups is 1. The first kappa shape index (κ1) is 9.65. The van der Waals surface area contributed by atoms with Crippen LogP contribution < -0.4 is 5.73 Å². The van der Waals surface area contributed by atoms with Gasteiger partial charge in [0.1, 0.15) is 0 Å². The minimum Gasteiger partial charge on any atom is -0.329 e. The molecule has 0 saturated heterocycles. The third-order valence-electron chi connectivity index (χ3n) is 0.895. The van der Waals surface area contributed by atoms with Crippen LogP contribution in [0, 0.1) is 0 Å². The fourth-order valence-electron chi connectivity index (χ4n) is 0.627. The van der Waals surface area contributed by atoms with Crippen molar-refractivity contribution in [3.8, 4) is 0 Å². The van der Waals surface area contributed by atoms with E-state index in [-0.39, 0.29) is 18.1 Å². The summed E-state index contributed by atoms with van der Waals surface area (Å²) < 4.78 is 21.8. The van der Waals surface area contributed by atoms with Gasteiger partial charge in [-0.25, -0.2) is 8.42 Å². The van der Waals surface area contributed by atoms with Crippen molar-refractivity contribution < 1.29 is 8.42 Å². The molecule has 0 saturated carbocycles. The largest absolute Gasteiger partial charge is 0.329 e. The van der Waals surface area contributed by atoms with Gasteiger partial charge < -0.3 is 5.73 Å². The molecular formula is C6H13NO2S. The van der Waals surface area contributed by atoms with Gasteiger partial charge in [0.15, 0.2) is 9.84 Å². The second-order valence-electron chi connectivity index (χ2n) is 2.34. The fraction of sp³-hybridized carbons (Fsp3) is 0.667. The second-order valence-corrected chi connectivity index (χ2v) is 4.52. The van der Waals surface area contributed by atoms with Crippen LogP contribution in [-0.2, 0) is 9.84 Å². The summed E-state index contributed by atoms with van der Waals surface area (Å²) in [7, 11) is -2.96. The maximum absolute atomic E-state index is 10.9. The molecule has 60 valence electrons. The van der Waals surface area contributed by atoms with Crippen molar-refractivity contribution in [2.45, 2.75) is 6.92 Å². The van der Waals surface area contributed by atoms with E-state index in [4.69, 9.17) is 5.73 Å². The van der Waals surface area contributed by atoms with E-state index in [1.54, 1.807) is 6.92 Å². The first-order valence-corrected chi connectivity index (χ1v) is 4.85. The van der Waals surface area contributed by atoms with Crippen molar-refractivity contribution in [2.24, 2.45) is 5.73 Å². The Balaban J connectivity index is 4.02. The molecule has 0 heterocycles. The van der Waals surface area contributed by atoms with Crippen LogP contribution in [0.25, 0.3) is 0 Å². The molecule has 2 N–H and O–H groups in total. The Morgan fingerprint density at radius 3 is 2.40 bits per heavy atom. The Kier molecular flexibility index (Phi) is 3.60. The highest BCUT2D eigenvalue weighted by molar-refractivity contribution is 7.91. The molecule has 0 unspecified atom stereocenters. The number of hydrogen-bond acceptors (Lipinski definition) is 3. The third kappa shape index (κ3) is 4.52. The maximum Gasteiger partial charge on any atom is 0.155 e. The van der Waals surface area contributed by atoms with Crippen molar-refractivity contribution in [1.29, 1.82) is 0 Å². The zero-order chi connectivity index (χ0) is 8.20. The van der Waals surface area contributed by atoms with Crippen LogP contribution in [0.4, 0.5) is 0 Å². The maximum atomic E-state index is 10.9. The van der Waals surface area contributed by atoms with Gasteiger partial charge in [-0.05, 0) is 6.92 Å². The summed E-state index contributed by atoms with van der Waals surface area (Å²) in [5.74, 6) is 0.115. The van der Waals surface area contributed by atoms with E-state index in [1.807, 2.05) is 0 Å². The molecule has 0 aromatic carbocycles. The standard InChI is InChI=1S/C6H13NO2S/c1-6(2)5-10(8,9)4-3-7/h1,3-5,7H2,2H3. The van der Waals surface area contributed by atoms with Gasteiger partial charge in [-0.3, -0.25) is 0 Å². The molecule has 0 fully saturated rings. The smallest absolute Gasteiger partial charge is 0.155 e. The summed E-state index contributed by atoms with van der Waals surface area (Å²) in [5.41, 5.74) is 5.74. The molecule has 0 aliphatic heterocycles. The van der Waals surface area contributed by atoms with Crippen molar-refractivity contribution in [3.05, 3.63) is 12.2 Å². The molecule has 0 bridgehead atoms. The fourth-order valence-corrected chi connectivity index (χ4v) is 1.88. The molecule has 0 aliphatic carbocycles. The molecular weight excluding hydrogens is 150 g/mol. The van der Waals surface area contributed by atoms with E-state index >= 15 is 0 Å². The second kappa shape index (κ2) is 3.73. The third-order valence-corrected chi connectivity index (χ3v) is 2.69. The predicted octanol–water partition coefficient (Wildman–Crippen LogP) is -0.0640. The summed E-state index contributed by atoms with van der Waals surface area (Å²) in [6.07, 6.45) is 0. The van der Waals surface area contributed by atoms with E-state index < -0.39 is 9.84 Å². The number of nitrogens with two attached hydrogens (primary N) is 1. The molecule has 3 nitrogen and oxygen atoms in total. The zero-order valence-electron chi connectivity index (χ0n) is 6.13. The first-order valence-electron chi connectivity index (χ1n) is 3.03. The molecule has 4 heteroatoms. The zero-order valence-corrected chi connectivity index (χ0v) is 6.95. The van der Waals surface area contributed by atoms with Crippen molar-refractivity contribution >= 4 is 9.84 Å². The molecule has 0 rings (SSSR count). The topological polar surface area (TPSA) is 60.2 Å². The summed E-state index contributed by atoms with van der Waals surface area (Å²) in [6.45, 7) is 5.38. The van der Waals surface area contributed by atoms with E-state index in [2.05, 4.69) is 6.58 Å². The minimum atomic E-state index is -2.96. The summed E-state index contributed by atoms with van der Waals surface area (Å²) >= 11 is 0. The van der Waals surface area contributed by atoms with Crippen LogP contribution >= 0.6 is 0 Å². The Morgan fingerprint density at radius 2 is 2.10 bits per heavy atom. The number of hydrogen-bond donors (Lipinski definition) is 1. The summed E-state index contributed by atoms with van der Waals surface area (Å²) in [5, 5.41) is 0. The van der Waals surface area contributed by atoms with Gasteiger partial charge in [0.05, 0.1) is 11.5 Å². The molecule has 0 amide bonds. The van der Waals surface area contributed by atoms with Crippen LogP contribution in [0.2, 0.25) is 0 Å². The lowest BCUT2D eigenvalue weighted by atomic mass is 10.4. The molecule has 0 aromatic heterocycles. The average molecular weight is 163 g/mol. The summed E-state index contributed by atoms with van der Waals surface area (Å²) in [4.78, 5) is 0. The minimum absolute atomic E-state index is 0.0554. The lowest BCUT2D eigenvalue weighted by molar-refractivity contribution is 0.598. The van der Waals surface area contributed by atoms with Gasteiger partial charge in [-0.1, -0.05) is 12.2 Å². The molecule has 0 radical (unpaired) electrons. The van der Waals surface area contributed by atoms with Gasteiger partial charge >= 0.3 is 0 Å². The monoisotopic (exact) mass is 163 g/mol. The molecule has 0 spiro atoms. The van der Waals surface area contributed by atoms with Crippen LogP contribution in [-0.4, -0.2) is 26.5 Å². The molecule has 0 aliphatic rings. The lowest BCUT2D eigenvalue weighted by Crippen LogP contribution is -2.18. The van der Waals surface area contributed by atoms with E-state index in [0.29, 0.717) is 5.57 Å². The molecule has 0 atom stereocenters. The van der Waals surface area contributed by atoms with Crippen molar-refractivity contribution in [2.75, 3.05) is 18.1 Å². The van der Waals surface area contributed by atoms with E-state index in [9.17, 15) is 8.42 Å². The van der Waals surface area contributed by atoms with Gasteiger partial charge in [-0.15, -0.1) is 0 Å². The molecule has 0 aromatic rings. The lowest BCUT2D eigenvalue weighted by Gasteiger charge is -1.99. The van der Waals surface area contributed by atoms with Gasteiger partial charge in [0.2, 0.25) is 0 Å². The quantitative estimate of drug-likeness (QED) is 0.590. The van der Waals surface area contributed by atoms with Crippen molar-refractivity contribution in [3.63, 3.8) is 0 Å². The van der Waals surface area contributed by atoms with Crippen LogP contribution in [0.5, 0.6) is 0 Å². The normalized spacial score (nSPS) is 11.4. The number of rotatable bonds is 4. The van der Waals surface area contributed by atoms with E-state index in [1.165, 1.54) is 0 Å². The Morgan fingerprint density at radius 1 is 1.60 bits per heavy atom. The highest BCUT2D eigenvalue weighted by Crippen LogP contribution is 1.96. The first-order chi connectivity index (χ1) is 4.48. The van der Waals surface area contributed by atoms with Gasteiger partial charge in [-0.2, -0.15) is 0 Å². The SMILES string of the molecule is C=C(C)CS(=O)(=O)CCN. The van der Waals surface area contributed by atoms with Crippen LogP contribution in [0.15, 0.2) is 12.2 Å². The Labute approximate surface area is 61.8 Å². The van der Waals surface area contributed by atoms with Gasteiger partial charge in [0.25, 0.3) is 0 Å². The highest BCUT2D eigenvalue weighted by atomic mass is 32.2. The molecule has 10 heavy (non-hydrogen) atoms. The van der Waals surface area contributed by atoms with Crippen LogP contribution in [0.3, 0.4) is 0 Å². The highest BCUT2D eigenvalue weighted by Gasteiger charge is 2.08. The van der Waals surface area contributed by atoms with E-state index in [0.717, 1.165) is 0 Å². The predicted molar refractivity (Wildman–Crippen MR) is 42.5 cm³/mol. The average Bonchev–Trinajstić information content (AvgIpc) is 1.59. The van der Waals surface area contributed by atoms with Crippen molar-refractivity contribution in [1.82, 2.24) is 0 Å². The van der Waals surface area contributed by atoms with Crippen LogP contribution in [0.1, 0.15) is 6.92 Å².